The third kappa shape index (κ3) is 17.0. The molecule has 0 aromatic rings. The molecule has 0 aliphatic heterocycles. The number of carbonyl (C=O) groups excluding carboxylic acids is 1. The van der Waals surface area contributed by atoms with E-state index in [9.17, 15) is 4.79 Å². The number of nitrogens with zero attached hydrogens (tertiary/aromatic N) is 1. The van der Waals surface area contributed by atoms with Gasteiger partial charge in [0.2, 0.25) is 8.32 Å². The van der Waals surface area contributed by atoms with Gasteiger partial charge in [-0.1, -0.05) is 55.6 Å². The highest BCUT2D eigenvalue weighted by Crippen LogP contribution is 2.39. The van der Waals surface area contributed by atoms with Crippen molar-refractivity contribution >= 4 is 36.6 Å². The second-order valence-electron chi connectivity index (χ2n) is 14.7. The molecule has 0 spiro atoms. The monoisotopic (exact) mass is 625 g/mol. The summed E-state index contributed by atoms with van der Waals surface area (Å²) in [5.41, 5.74) is 0.779. The van der Waals surface area contributed by atoms with E-state index in [1.54, 1.807) is 0 Å². The van der Waals surface area contributed by atoms with E-state index < -0.39 is 25.0 Å². The smallest absolute Gasteiger partial charge is 0.292 e. The first-order valence-electron chi connectivity index (χ1n) is 16.0. The van der Waals surface area contributed by atoms with E-state index in [4.69, 9.17) is 18.1 Å². The molecule has 9 heteroatoms. The highest BCUT2D eigenvalue weighted by Gasteiger charge is 2.42. The summed E-state index contributed by atoms with van der Waals surface area (Å²) in [4.78, 5) is 17.7. The number of hydrogen-bond donors (Lipinski definition) is 0. The Morgan fingerprint density at radius 2 is 1.63 bits per heavy atom. The lowest BCUT2D eigenvalue weighted by molar-refractivity contribution is -0.135. The number of hydrogen-bond acceptors (Lipinski definition) is 6. The second kappa shape index (κ2) is 17.3. The number of unbranched alkanes of at least 4 members (excludes halogenated alkanes) is 3. The van der Waals surface area contributed by atoms with Crippen LogP contribution >= 0.6 is 0 Å². The molecule has 1 fully saturated rings. The molecule has 0 radical (unpaired) electrons. The number of oxime groups is 1. The van der Waals surface area contributed by atoms with Crippen LogP contribution < -0.4 is 0 Å². The highest BCUT2D eigenvalue weighted by atomic mass is 28.4. The van der Waals surface area contributed by atoms with Crippen LogP contribution in [0.25, 0.3) is 0 Å². The molecule has 0 saturated heterocycles. The SMILES string of the molecule is CCCCC[C@@](C)(/C=C/[C@@H]1/C(=N/OCC)C[C@H](O[Si](C)(C)C)[C@H]1C/C=C\CCCC(=O)O[Si](C)(C)C)O[Si](C)(C)C. The van der Waals surface area contributed by atoms with Crippen LogP contribution in [0.2, 0.25) is 58.9 Å². The molecule has 0 N–H and O–H groups in total. The van der Waals surface area contributed by atoms with Gasteiger partial charge in [0.15, 0.2) is 16.6 Å². The van der Waals surface area contributed by atoms with Gasteiger partial charge in [-0.25, -0.2) is 0 Å². The van der Waals surface area contributed by atoms with Crippen LogP contribution in [0.1, 0.15) is 78.6 Å². The van der Waals surface area contributed by atoms with E-state index in [-0.39, 0.29) is 29.5 Å². The topological polar surface area (TPSA) is 66.4 Å². The molecule has 0 amide bonds. The van der Waals surface area contributed by atoms with Crippen LogP contribution in [0, 0.1) is 11.8 Å². The molecule has 0 bridgehead atoms. The third-order valence-electron chi connectivity index (χ3n) is 6.77. The van der Waals surface area contributed by atoms with Crippen LogP contribution in [-0.4, -0.2) is 54.9 Å². The van der Waals surface area contributed by atoms with E-state index in [0.717, 1.165) is 44.2 Å². The van der Waals surface area contributed by atoms with Crippen LogP contribution in [-0.2, 0) is 22.9 Å². The van der Waals surface area contributed by atoms with Crippen LogP contribution in [0.3, 0.4) is 0 Å². The predicted octanol–water partition coefficient (Wildman–Crippen LogP) is 9.48. The summed E-state index contributed by atoms with van der Waals surface area (Å²) in [6.45, 7) is 26.8. The molecule has 0 aromatic heterocycles. The van der Waals surface area contributed by atoms with Crippen molar-refractivity contribution in [3.05, 3.63) is 24.3 Å². The Morgan fingerprint density at radius 1 is 0.951 bits per heavy atom. The summed E-state index contributed by atoms with van der Waals surface area (Å²) in [5, 5.41) is 4.61. The van der Waals surface area contributed by atoms with Gasteiger partial charge in [-0.3, -0.25) is 4.79 Å². The molecule has 6 nitrogen and oxygen atoms in total. The van der Waals surface area contributed by atoms with Gasteiger partial charge in [0.25, 0.3) is 5.97 Å². The number of rotatable bonds is 19. The average Bonchev–Trinajstić information content (AvgIpc) is 3.10. The molecule has 4 atom stereocenters. The first-order valence-corrected chi connectivity index (χ1v) is 26.2. The Kier molecular flexibility index (Phi) is 16.1. The molecule has 1 saturated carbocycles. The van der Waals surface area contributed by atoms with Crippen molar-refractivity contribution in [1.29, 1.82) is 0 Å². The van der Waals surface area contributed by atoms with Gasteiger partial charge in [0, 0.05) is 18.8 Å². The zero-order chi connectivity index (χ0) is 31.3. The maximum Gasteiger partial charge on any atom is 0.292 e. The Labute approximate surface area is 256 Å². The van der Waals surface area contributed by atoms with Crippen molar-refractivity contribution in [2.45, 2.75) is 149 Å². The molecule has 0 heterocycles. The lowest BCUT2D eigenvalue weighted by atomic mass is 9.88. The summed E-state index contributed by atoms with van der Waals surface area (Å²) in [6.07, 6.45) is 17.7. The summed E-state index contributed by atoms with van der Waals surface area (Å²) >= 11 is 0. The fourth-order valence-electron chi connectivity index (χ4n) is 5.38. The first kappa shape index (κ1) is 38.0. The van der Waals surface area contributed by atoms with E-state index in [1.165, 1.54) is 12.8 Å². The van der Waals surface area contributed by atoms with Gasteiger partial charge in [-0.15, -0.1) is 0 Å². The third-order valence-corrected chi connectivity index (χ3v) is 9.70. The van der Waals surface area contributed by atoms with Crippen molar-refractivity contribution in [3.63, 3.8) is 0 Å². The number of carbonyl (C=O) groups is 1. The standard InChI is InChI=1S/C32H63NO5Si3/c1-13-15-20-24-32(3,38-41(10,11)12)25-23-27-28(21-18-16-17-19-22-31(34)37-40(7,8)9)30(36-39(4,5)6)26-29(27)33-35-14-2/h16,18,23,25,27-28,30H,13-15,17,19-22,24,26H2,1-12H3/b18-16-,25-23+,33-29+/t27-,28-,30-,32-/m0/s1. The maximum absolute atomic E-state index is 12.1. The van der Waals surface area contributed by atoms with E-state index >= 15 is 0 Å². The maximum atomic E-state index is 12.1. The normalized spacial score (nSPS) is 23.0. The van der Waals surface area contributed by atoms with Gasteiger partial charge >= 0.3 is 0 Å². The Morgan fingerprint density at radius 3 is 2.20 bits per heavy atom. The fraction of sp³-hybridized carbons (Fsp3) is 0.812. The van der Waals surface area contributed by atoms with Crippen molar-refractivity contribution in [3.8, 4) is 0 Å². The van der Waals surface area contributed by atoms with E-state index in [0.29, 0.717) is 13.0 Å². The van der Waals surface area contributed by atoms with E-state index in [1.807, 2.05) is 26.6 Å². The zero-order valence-corrected chi connectivity index (χ0v) is 31.6. The second-order valence-corrected chi connectivity index (χ2v) is 28.0. The van der Waals surface area contributed by atoms with Crippen LogP contribution in [0.5, 0.6) is 0 Å². The van der Waals surface area contributed by atoms with Gasteiger partial charge in [-0.05, 0) is 104 Å². The summed E-state index contributed by atoms with van der Waals surface area (Å²) in [7, 11) is -5.35. The molecule has 1 aliphatic rings. The molecule has 0 unspecified atom stereocenters. The highest BCUT2D eigenvalue weighted by molar-refractivity contribution is 6.71. The van der Waals surface area contributed by atoms with Crippen molar-refractivity contribution < 1.29 is 22.9 Å². The zero-order valence-electron chi connectivity index (χ0n) is 28.6. The van der Waals surface area contributed by atoms with E-state index in [2.05, 4.69) is 82.6 Å². The number of allylic oxidation sites excluding steroid dienone is 3. The van der Waals surface area contributed by atoms with Crippen molar-refractivity contribution in [2.75, 3.05) is 6.61 Å². The minimum Gasteiger partial charge on any atom is -0.520 e. The van der Waals surface area contributed by atoms with Crippen LogP contribution in [0.4, 0.5) is 0 Å². The summed E-state index contributed by atoms with van der Waals surface area (Å²) in [6, 6.07) is 0. The summed E-state index contributed by atoms with van der Waals surface area (Å²) < 4.78 is 19.1. The first-order chi connectivity index (χ1) is 18.9. The van der Waals surface area contributed by atoms with Gasteiger partial charge < -0.3 is 18.1 Å². The Hall–Kier alpha value is -1.01. The fourth-order valence-corrected chi connectivity index (χ4v) is 8.90. The largest absolute Gasteiger partial charge is 0.520 e. The molecule has 41 heavy (non-hydrogen) atoms. The molecule has 0 aromatic carbocycles. The Bertz CT molecular complexity index is 870. The van der Waals surface area contributed by atoms with Gasteiger partial charge in [0.05, 0.1) is 17.4 Å². The molecular weight excluding hydrogens is 563 g/mol. The lowest BCUT2D eigenvalue weighted by Gasteiger charge is -2.35. The van der Waals surface area contributed by atoms with Gasteiger partial charge in [-0.2, -0.15) is 0 Å². The summed E-state index contributed by atoms with van der Waals surface area (Å²) in [5.74, 6) is 0.341. The van der Waals surface area contributed by atoms with Crippen molar-refractivity contribution in [2.24, 2.45) is 17.0 Å². The van der Waals surface area contributed by atoms with Gasteiger partial charge in [0.1, 0.15) is 6.61 Å². The van der Waals surface area contributed by atoms with Crippen molar-refractivity contribution in [1.82, 2.24) is 0 Å². The predicted molar refractivity (Wildman–Crippen MR) is 182 cm³/mol. The minimum atomic E-state index is -1.82. The lowest BCUT2D eigenvalue weighted by Crippen LogP contribution is -2.39. The Balaban J connectivity index is 3.17. The molecule has 1 rings (SSSR count). The van der Waals surface area contributed by atoms with Crippen LogP contribution in [0.15, 0.2) is 29.5 Å². The molecule has 238 valence electrons. The molecular formula is C32H63NO5Si3. The molecule has 1 aliphatic carbocycles. The quantitative estimate of drug-likeness (QED) is 0.0619. The minimum absolute atomic E-state index is 0.0681. The average molecular weight is 626 g/mol.